The van der Waals surface area contributed by atoms with E-state index in [0.717, 1.165) is 16.4 Å². The van der Waals surface area contributed by atoms with Gasteiger partial charge in [0.05, 0.1) is 4.88 Å². The number of hydrogen-bond acceptors (Lipinski definition) is 5. The van der Waals surface area contributed by atoms with Crippen molar-refractivity contribution in [2.75, 3.05) is 12.4 Å². The lowest BCUT2D eigenvalue weighted by atomic mass is 10.3. The third-order valence-corrected chi connectivity index (χ3v) is 2.90. The molecule has 0 fully saturated rings. The zero-order valence-corrected chi connectivity index (χ0v) is 8.88. The smallest absolute Gasteiger partial charge is 0.148 e. The van der Waals surface area contributed by atoms with Crippen molar-refractivity contribution in [3.8, 4) is 16.6 Å². The zero-order chi connectivity index (χ0) is 10.7. The highest BCUT2D eigenvalue weighted by atomic mass is 32.1. The predicted molar refractivity (Wildman–Crippen MR) is 59.6 cm³/mol. The molecule has 1 N–H and O–H groups in total. The van der Waals surface area contributed by atoms with Gasteiger partial charge in [-0.25, -0.2) is 0 Å². The van der Waals surface area contributed by atoms with Crippen LogP contribution in [0.3, 0.4) is 0 Å². The van der Waals surface area contributed by atoms with Crippen molar-refractivity contribution in [3.05, 3.63) is 29.1 Å². The number of aromatic nitrogens is 2. The van der Waals surface area contributed by atoms with Crippen LogP contribution >= 0.6 is 11.3 Å². The SMILES string of the molecule is CNc1ccc(-c2ccc(C#N)s2)nn1. The van der Waals surface area contributed by atoms with Crippen LogP contribution < -0.4 is 5.32 Å². The summed E-state index contributed by atoms with van der Waals surface area (Å²) in [5.41, 5.74) is 0.792. The van der Waals surface area contributed by atoms with Crippen molar-refractivity contribution in [1.82, 2.24) is 10.2 Å². The molecule has 0 spiro atoms. The molecule has 0 radical (unpaired) electrons. The second-order valence-corrected chi connectivity index (χ2v) is 3.91. The maximum absolute atomic E-state index is 8.69. The van der Waals surface area contributed by atoms with E-state index in [4.69, 9.17) is 5.26 Å². The first kappa shape index (κ1) is 9.62. The second kappa shape index (κ2) is 4.07. The minimum absolute atomic E-state index is 0.685. The average Bonchev–Trinajstić information content (AvgIpc) is 2.78. The highest BCUT2D eigenvalue weighted by Crippen LogP contribution is 2.25. The van der Waals surface area contributed by atoms with Crippen LogP contribution in [0.25, 0.3) is 10.6 Å². The molecular formula is C10H8N4S. The van der Waals surface area contributed by atoms with Crippen LogP contribution in [0.15, 0.2) is 24.3 Å². The van der Waals surface area contributed by atoms with E-state index in [9.17, 15) is 0 Å². The summed E-state index contributed by atoms with van der Waals surface area (Å²) in [4.78, 5) is 1.64. The fraction of sp³-hybridized carbons (Fsp3) is 0.100. The molecule has 5 heteroatoms. The van der Waals surface area contributed by atoms with E-state index in [1.807, 2.05) is 18.2 Å². The second-order valence-electron chi connectivity index (χ2n) is 2.83. The maximum Gasteiger partial charge on any atom is 0.148 e. The van der Waals surface area contributed by atoms with Crippen molar-refractivity contribution >= 4 is 17.2 Å². The average molecular weight is 216 g/mol. The number of rotatable bonds is 2. The van der Waals surface area contributed by atoms with E-state index in [1.165, 1.54) is 11.3 Å². The molecule has 2 rings (SSSR count). The normalized spacial score (nSPS) is 9.60. The van der Waals surface area contributed by atoms with E-state index < -0.39 is 0 Å². The molecule has 2 heterocycles. The predicted octanol–water partition coefficient (Wildman–Crippen LogP) is 2.12. The monoisotopic (exact) mass is 216 g/mol. The summed E-state index contributed by atoms with van der Waals surface area (Å²) in [6.45, 7) is 0. The molecule has 0 saturated carbocycles. The standard InChI is InChI=1S/C10H8N4S/c1-12-10-5-3-8(13-14-10)9-4-2-7(6-11)15-9/h2-5H,1H3,(H,12,14). The molecule has 0 aliphatic heterocycles. The first-order valence-corrected chi connectivity index (χ1v) is 5.17. The Morgan fingerprint density at radius 1 is 1.27 bits per heavy atom. The Bertz CT molecular complexity index is 495. The first-order chi connectivity index (χ1) is 7.33. The molecule has 2 aromatic heterocycles. The molecule has 0 amide bonds. The Labute approximate surface area is 91.2 Å². The highest BCUT2D eigenvalue weighted by Gasteiger charge is 2.04. The van der Waals surface area contributed by atoms with Gasteiger partial charge in [0.2, 0.25) is 0 Å². The Morgan fingerprint density at radius 3 is 2.67 bits per heavy atom. The highest BCUT2D eigenvalue weighted by molar-refractivity contribution is 7.15. The topological polar surface area (TPSA) is 61.6 Å². The minimum Gasteiger partial charge on any atom is -0.372 e. The van der Waals surface area contributed by atoms with Gasteiger partial charge in [-0.05, 0) is 24.3 Å². The lowest BCUT2D eigenvalue weighted by Crippen LogP contribution is -1.94. The van der Waals surface area contributed by atoms with Gasteiger partial charge in [0.25, 0.3) is 0 Å². The van der Waals surface area contributed by atoms with Gasteiger partial charge >= 0.3 is 0 Å². The number of nitrogens with zero attached hydrogens (tertiary/aromatic N) is 3. The molecule has 2 aromatic rings. The van der Waals surface area contributed by atoms with Gasteiger partial charge in [-0.3, -0.25) is 0 Å². The molecule has 0 unspecified atom stereocenters. The maximum atomic E-state index is 8.69. The van der Waals surface area contributed by atoms with Crippen LogP contribution in [-0.2, 0) is 0 Å². The fourth-order valence-corrected chi connectivity index (χ4v) is 1.90. The number of nitriles is 1. The van der Waals surface area contributed by atoms with Gasteiger partial charge in [0.15, 0.2) is 0 Å². The molecule has 74 valence electrons. The van der Waals surface area contributed by atoms with E-state index in [2.05, 4.69) is 21.6 Å². The molecule has 0 atom stereocenters. The van der Waals surface area contributed by atoms with Crippen LogP contribution in [0.4, 0.5) is 5.82 Å². The Hall–Kier alpha value is -1.93. The van der Waals surface area contributed by atoms with Crippen LogP contribution in [-0.4, -0.2) is 17.2 Å². The Morgan fingerprint density at radius 2 is 2.13 bits per heavy atom. The van der Waals surface area contributed by atoms with Crippen molar-refractivity contribution in [3.63, 3.8) is 0 Å². The van der Waals surface area contributed by atoms with E-state index in [1.54, 1.807) is 13.1 Å². The van der Waals surface area contributed by atoms with E-state index in [-0.39, 0.29) is 0 Å². The third-order valence-electron chi connectivity index (χ3n) is 1.89. The number of hydrogen-bond donors (Lipinski definition) is 1. The quantitative estimate of drug-likeness (QED) is 0.835. The van der Waals surface area contributed by atoms with Crippen molar-refractivity contribution < 1.29 is 0 Å². The summed E-state index contributed by atoms with van der Waals surface area (Å²) in [6.07, 6.45) is 0. The van der Waals surface area contributed by atoms with Crippen molar-refractivity contribution in [1.29, 1.82) is 5.26 Å². The molecule has 0 aromatic carbocycles. The molecule has 0 bridgehead atoms. The number of thiophene rings is 1. The van der Waals surface area contributed by atoms with Gasteiger partial charge in [-0.2, -0.15) is 5.26 Å². The summed E-state index contributed by atoms with van der Waals surface area (Å²) in [5.74, 6) is 0.732. The minimum atomic E-state index is 0.685. The molecule has 15 heavy (non-hydrogen) atoms. The van der Waals surface area contributed by atoms with E-state index >= 15 is 0 Å². The van der Waals surface area contributed by atoms with E-state index in [0.29, 0.717) is 4.88 Å². The molecule has 0 aliphatic rings. The summed E-state index contributed by atoms with van der Waals surface area (Å²) in [7, 11) is 1.79. The lowest BCUT2D eigenvalue weighted by molar-refractivity contribution is 1.04. The van der Waals surface area contributed by atoms with Crippen molar-refractivity contribution in [2.24, 2.45) is 0 Å². The van der Waals surface area contributed by atoms with Crippen LogP contribution in [0.2, 0.25) is 0 Å². The third kappa shape index (κ3) is 1.95. The summed E-state index contributed by atoms with van der Waals surface area (Å²) in [6, 6.07) is 9.50. The summed E-state index contributed by atoms with van der Waals surface area (Å²) >= 11 is 1.42. The molecule has 4 nitrogen and oxygen atoms in total. The van der Waals surface area contributed by atoms with Gasteiger partial charge in [0, 0.05) is 7.05 Å². The number of anilines is 1. The summed E-state index contributed by atoms with van der Waals surface area (Å²) in [5, 5.41) is 19.6. The van der Waals surface area contributed by atoms with Gasteiger partial charge in [-0.15, -0.1) is 21.5 Å². The number of nitrogens with one attached hydrogen (secondary N) is 1. The molecular weight excluding hydrogens is 208 g/mol. The molecule has 0 saturated heterocycles. The van der Waals surface area contributed by atoms with Crippen LogP contribution in [0.1, 0.15) is 4.88 Å². The largest absolute Gasteiger partial charge is 0.372 e. The van der Waals surface area contributed by atoms with Gasteiger partial charge < -0.3 is 5.32 Å². The van der Waals surface area contributed by atoms with Crippen molar-refractivity contribution in [2.45, 2.75) is 0 Å². The summed E-state index contributed by atoms with van der Waals surface area (Å²) < 4.78 is 0. The zero-order valence-electron chi connectivity index (χ0n) is 8.06. The molecule has 0 aliphatic carbocycles. The first-order valence-electron chi connectivity index (χ1n) is 4.35. The fourth-order valence-electron chi connectivity index (χ4n) is 1.13. The lowest BCUT2D eigenvalue weighted by Gasteiger charge is -1.98. The van der Waals surface area contributed by atoms with Gasteiger partial charge in [0.1, 0.15) is 22.5 Å². The van der Waals surface area contributed by atoms with Crippen LogP contribution in [0, 0.1) is 11.3 Å². The Kier molecular flexibility index (Phi) is 2.61. The van der Waals surface area contributed by atoms with Gasteiger partial charge in [-0.1, -0.05) is 0 Å². The van der Waals surface area contributed by atoms with Crippen LogP contribution in [0.5, 0.6) is 0 Å². The Balaban J connectivity index is 2.33.